The van der Waals surface area contributed by atoms with Crippen LogP contribution in [0.1, 0.15) is 15.9 Å². The summed E-state index contributed by atoms with van der Waals surface area (Å²) in [6, 6.07) is 21.8. The maximum Gasteiger partial charge on any atom is 0.336 e. The smallest absolute Gasteiger partial charge is 0.336 e. The summed E-state index contributed by atoms with van der Waals surface area (Å²) in [5.74, 6) is -0.963. The van der Waals surface area contributed by atoms with Gasteiger partial charge < -0.3 is 5.11 Å². The third-order valence-corrected chi connectivity index (χ3v) is 4.37. The standard InChI is InChI=1S/C22H17N3O2/c26-22(27)20-9-11-23-14-19(20)15-25-12-10-21(24-25)18-8-4-7-17(13-18)16-5-2-1-3-6-16/h1-14H,15H2,(H,26,27). The second-order valence-corrected chi connectivity index (χ2v) is 6.18. The summed E-state index contributed by atoms with van der Waals surface area (Å²) < 4.78 is 1.73. The zero-order valence-corrected chi connectivity index (χ0v) is 14.5. The van der Waals surface area contributed by atoms with Gasteiger partial charge in [-0.05, 0) is 29.3 Å². The van der Waals surface area contributed by atoms with E-state index in [2.05, 4.69) is 34.3 Å². The number of aromatic carboxylic acids is 1. The van der Waals surface area contributed by atoms with Gasteiger partial charge in [0.25, 0.3) is 0 Å². The van der Waals surface area contributed by atoms with Gasteiger partial charge in [-0.1, -0.05) is 48.5 Å². The maximum absolute atomic E-state index is 11.4. The van der Waals surface area contributed by atoms with Gasteiger partial charge in [-0.15, -0.1) is 0 Å². The molecule has 0 saturated heterocycles. The molecule has 4 aromatic rings. The third-order valence-electron chi connectivity index (χ3n) is 4.37. The Bertz CT molecular complexity index is 1090. The van der Waals surface area contributed by atoms with Crippen molar-refractivity contribution in [3.8, 4) is 22.4 Å². The van der Waals surface area contributed by atoms with Crippen molar-refractivity contribution >= 4 is 5.97 Å². The van der Waals surface area contributed by atoms with Gasteiger partial charge >= 0.3 is 5.97 Å². The Hall–Kier alpha value is -3.73. The molecule has 132 valence electrons. The van der Waals surface area contributed by atoms with Gasteiger partial charge in [0.15, 0.2) is 0 Å². The van der Waals surface area contributed by atoms with Crippen molar-refractivity contribution in [2.75, 3.05) is 0 Å². The molecule has 0 bridgehead atoms. The molecule has 0 aliphatic heterocycles. The Morgan fingerprint density at radius 2 is 1.70 bits per heavy atom. The van der Waals surface area contributed by atoms with E-state index in [4.69, 9.17) is 0 Å². The molecule has 5 nitrogen and oxygen atoms in total. The molecule has 0 spiro atoms. The van der Waals surface area contributed by atoms with Crippen LogP contribution in [-0.4, -0.2) is 25.8 Å². The number of carboxylic acids is 1. The number of hydrogen-bond donors (Lipinski definition) is 1. The molecule has 2 aromatic heterocycles. The average Bonchev–Trinajstić information content (AvgIpc) is 3.18. The number of pyridine rings is 1. The zero-order valence-electron chi connectivity index (χ0n) is 14.5. The number of aromatic nitrogens is 3. The highest BCUT2D eigenvalue weighted by Gasteiger charge is 2.11. The second kappa shape index (κ2) is 7.25. The van der Waals surface area contributed by atoms with Crippen molar-refractivity contribution in [3.05, 3.63) is 96.4 Å². The lowest BCUT2D eigenvalue weighted by molar-refractivity contribution is 0.0695. The van der Waals surface area contributed by atoms with E-state index in [0.29, 0.717) is 12.1 Å². The molecule has 0 aliphatic rings. The predicted molar refractivity (Wildman–Crippen MR) is 103 cm³/mol. The molecular formula is C22H17N3O2. The van der Waals surface area contributed by atoms with E-state index >= 15 is 0 Å². The SMILES string of the molecule is O=C(O)c1ccncc1Cn1ccc(-c2cccc(-c3ccccc3)c2)n1. The Morgan fingerprint density at radius 3 is 2.52 bits per heavy atom. The largest absolute Gasteiger partial charge is 0.478 e. The van der Waals surface area contributed by atoms with Crippen LogP contribution in [0.5, 0.6) is 0 Å². The van der Waals surface area contributed by atoms with Crippen LogP contribution in [0.25, 0.3) is 22.4 Å². The Kier molecular flexibility index (Phi) is 4.49. The highest BCUT2D eigenvalue weighted by Crippen LogP contribution is 2.25. The lowest BCUT2D eigenvalue weighted by atomic mass is 10.0. The lowest BCUT2D eigenvalue weighted by Crippen LogP contribution is -2.08. The number of carbonyl (C=O) groups is 1. The molecule has 0 unspecified atom stereocenters. The molecule has 0 amide bonds. The zero-order chi connectivity index (χ0) is 18.6. The van der Waals surface area contributed by atoms with E-state index in [1.54, 1.807) is 10.9 Å². The van der Waals surface area contributed by atoms with Crippen LogP contribution in [0, 0.1) is 0 Å². The van der Waals surface area contributed by atoms with Crippen LogP contribution in [0.3, 0.4) is 0 Å². The summed E-state index contributed by atoms with van der Waals surface area (Å²) in [6.07, 6.45) is 4.90. The van der Waals surface area contributed by atoms with Gasteiger partial charge in [0.05, 0.1) is 17.8 Å². The average molecular weight is 355 g/mol. The van der Waals surface area contributed by atoms with Crippen molar-refractivity contribution < 1.29 is 9.90 Å². The highest BCUT2D eigenvalue weighted by molar-refractivity contribution is 5.89. The van der Waals surface area contributed by atoms with E-state index < -0.39 is 5.97 Å². The van der Waals surface area contributed by atoms with E-state index in [1.165, 1.54) is 12.3 Å². The number of carboxylic acid groups (broad SMARTS) is 1. The number of nitrogens with zero attached hydrogens (tertiary/aromatic N) is 3. The van der Waals surface area contributed by atoms with Gasteiger partial charge in [0, 0.05) is 29.7 Å². The van der Waals surface area contributed by atoms with Gasteiger partial charge in [0.2, 0.25) is 0 Å². The number of rotatable bonds is 5. The molecule has 5 heteroatoms. The Labute approximate surface area is 156 Å². The normalized spacial score (nSPS) is 10.7. The van der Waals surface area contributed by atoms with Crippen LogP contribution in [0.15, 0.2) is 85.3 Å². The van der Waals surface area contributed by atoms with Crippen LogP contribution in [0.4, 0.5) is 0 Å². The molecule has 0 fully saturated rings. The molecule has 4 rings (SSSR count). The Balaban J connectivity index is 1.61. The summed E-state index contributed by atoms with van der Waals surface area (Å²) in [7, 11) is 0. The van der Waals surface area contributed by atoms with Gasteiger partial charge in [-0.2, -0.15) is 5.10 Å². The first-order valence-electron chi connectivity index (χ1n) is 8.56. The number of hydrogen-bond acceptors (Lipinski definition) is 3. The summed E-state index contributed by atoms with van der Waals surface area (Å²) >= 11 is 0. The maximum atomic E-state index is 11.4. The van der Waals surface area contributed by atoms with E-state index in [9.17, 15) is 9.90 Å². The van der Waals surface area contributed by atoms with E-state index in [0.717, 1.165) is 22.4 Å². The summed E-state index contributed by atoms with van der Waals surface area (Å²) in [5.41, 5.74) is 5.00. The van der Waals surface area contributed by atoms with Crippen molar-refractivity contribution in [2.45, 2.75) is 6.54 Å². The first-order valence-corrected chi connectivity index (χ1v) is 8.56. The molecule has 27 heavy (non-hydrogen) atoms. The molecule has 0 atom stereocenters. The quantitative estimate of drug-likeness (QED) is 0.578. The Morgan fingerprint density at radius 1 is 0.926 bits per heavy atom. The third kappa shape index (κ3) is 3.62. The number of benzene rings is 2. The highest BCUT2D eigenvalue weighted by atomic mass is 16.4. The predicted octanol–water partition coefficient (Wildman–Crippen LogP) is 4.36. The fraction of sp³-hybridized carbons (Fsp3) is 0.0455. The van der Waals surface area contributed by atoms with Crippen LogP contribution >= 0.6 is 0 Å². The first-order chi connectivity index (χ1) is 13.2. The van der Waals surface area contributed by atoms with Crippen LogP contribution < -0.4 is 0 Å². The topological polar surface area (TPSA) is 68.0 Å². The molecule has 0 saturated carbocycles. The minimum Gasteiger partial charge on any atom is -0.478 e. The van der Waals surface area contributed by atoms with Gasteiger partial charge in [-0.3, -0.25) is 9.67 Å². The van der Waals surface area contributed by atoms with Crippen LogP contribution in [-0.2, 0) is 6.54 Å². The van der Waals surface area contributed by atoms with Gasteiger partial charge in [-0.25, -0.2) is 4.79 Å². The first kappa shape index (κ1) is 16.7. The summed E-state index contributed by atoms with van der Waals surface area (Å²) in [4.78, 5) is 15.4. The second-order valence-electron chi connectivity index (χ2n) is 6.18. The van der Waals surface area contributed by atoms with Crippen molar-refractivity contribution in [1.82, 2.24) is 14.8 Å². The molecule has 2 heterocycles. The van der Waals surface area contributed by atoms with Crippen LogP contribution in [0.2, 0.25) is 0 Å². The monoisotopic (exact) mass is 355 g/mol. The fourth-order valence-corrected chi connectivity index (χ4v) is 3.03. The van der Waals surface area contributed by atoms with E-state index in [1.807, 2.05) is 42.6 Å². The minimum absolute atomic E-state index is 0.244. The fourth-order valence-electron chi connectivity index (χ4n) is 3.03. The molecule has 0 radical (unpaired) electrons. The summed E-state index contributed by atoms with van der Waals surface area (Å²) in [6.45, 7) is 0.355. The molecule has 0 aliphatic carbocycles. The molecule has 1 N–H and O–H groups in total. The summed E-state index contributed by atoms with van der Waals surface area (Å²) in [5, 5.41) is 13.9. The van der Waals surface area contributed by atoms with E-state index in [-0.39, 0.29) is 5.56 Å². The lowest BCUT2D eigenvalue weighted by Gasteiger charge is -2.06. The van der Waals surface area contributed by atoms with Crippen molar-refractivity contribution in [1.29, 1.82) is 0 Å². The molecular weight excluding hydrogens is 338 g/mol. The van der Waals surface area contributed by atoms with Crippen molar-refractivity contribution in [3.63, 3.8) is 0 Å². The minimum atomic E-state index is -0.963. The molecule has 2 aromatic carbocycles. The van der Waals surface area contributed by atoms with Crippen molar-refractivity contribution in [2.24, 2.45) is 0 Å². The van der Waals surface area contributed by atoms with Gasteiger partial charge in [0.1, 0.15) is 0 Å².